The number of hydrogen-bond acceptors (Lipinski definition) is 3. The summed E-state index contributed by atoms with van der Waals surface area (Å²) in [5, 5.41) is 17.8. The van der Waals surface area contributed by atoms with E-state index < -0.39 is 7.12 Å². The lowest BCUT2D eigenvalue weighted by Gasteiger charge is -2.20. The zero-order valence-electron chi connectivity index (χ0n) is 8.81. The van der Waals surface area contributed by atoms with E-state index in [0.29, 0.717) is 11.5 Å². The van der Waals surface area contributed by atoms with Gasteiger partial charge in [0.05, 0.1) is 0 Å². The fourth-order valence-electron chi connectivity index (χ4n) is 1.24. The first-order chi connectivity index (χ1) is 6.52. The molecule has 0 bridgehead atoms. The van der Waals surface area contributed by atoms with Gasteiger partial charge in [0.15, 0.2) is 0 Å². The molecule has 3 nitrogen and oxygen atoms in total. The Bertz CT molecular complexity index is 285. The zero-order valence-corrected chi connectivity index (χ0v) is 8.81. The molecule has 0 saturated carbocycles. The van der Waals surface area contributed by atoms with Gasteiger partial charge in [-0.2, -0.15) is 0 Å². The van der Waals surface area contributed by atoms with E-state index in [0.717, 1.165) is 0 Å². The van der Waals surface area contributed by atoms with Gasteiger partial charge in [0, 0.05) is 6.04 Å². The second-order valence-electron chi connectivity index (χ2n) is 3.68. The van der Waals surface area contributed by atoms with Crippen molar-refractivity contribution in [2.75, 3.05) is 14.1 Å². The van der Waals surface area contributed by atoms with Crippen LogP contribution >= 0.6 is 0 Å². The fraction of sp³-hybridized carbons (Fsp3) is 0.400. The van der Waals surface area contributed by atoms with Crippen molar-refractivity contribution in [2.45, 2.75) is 13.0 Å². The van der Waals surface area contributed by atoms with Crippen LogP contribution in [0.1, 0.15) is 18.5 Å². The predicted molar refractivity (Wildman–Crippen MR) is 58.4 cm³/mol. The quantitative estimate of drug-likeness (QED) is 0.663. The van der Waals surface area contributed by atoms with Crippen molar-refractivity contribution < 1.29 is 10.0 Å². The van der Waals surface area contributed by atoms with Crippen LogP contribution in [0.2, 0.25) is 0 Å². The Morgan fingerprint density at radius 3 is 2.00 bits per heavy atom. The Morgan fingerprint density at radius 2 is 1.64 bits per heavy atom. The first-order valence-corrected chi connectivity index (χ1v) is 4.65. The van der Waals surface area contributed by atoms with Gasteiger partial charge < -0.3 is 14.9 Å². The van der Waals surface area contributed by atoms with Gasteiger partial charge in [-0.1, -0.05) is 24.3 Å². The number of rotatable bonds is 3. The molecule has 1 aromatic carbocycles. The van der Waals surface area contributed by atoms with Gasteiger partial charge in [-0.15, -0.1) is 0 Å². The Labute approximate surface area is 85.1 Å². The summed E-state index contributed by atoms with van der Waals surface area (Å²) in [7, 11) is 2.65. The molecule has 0 aliphatic carbocycles. The molecule has 1 aromatic rings. The van der Waals surface area contributed by atoms with Crippen LogP contribution in [0.5, 0.6) is 0 Å². The minimum Gasteiger partial charge on any atom is -0.423 e. The maximum Gasteiger partial charge on any atom is 0.488 e. The van der Waals surface area contributed by atoms with Crippen LogP contribution in [0.3, 0.4) is 0 Å². The molecule has 0 fully saturated rings. The maximum absolute atomic E-state index is 8.91. The van der Waals surface area contributed by atoms with Crippen molar-refractivity contribution in [3.63, 3.8) is 0 Å². The maximum atomic E-state index is 8.91. The van der Waals surface area contributed by atoms with Crippen LogP contribution in [0.25, 0.3) is 0 Å². The Kier molecular flexibility index (Phi) is 3.69. The molecule has 0 radical (unpaired) electrons. The summed E-state index contributed by atoms with van der Waals surface area (Å²) < 4.78 is 0. The molecule has 4 heteroatoms. The molecule has 1 rings (SSSR count). The highest BCUT2D eigenvalue weighted by Gasteiger charge is 2.12. The minimum atomic E-state index is -1.38. The topological polar surface area (TPSA) is 43.7 Å². The van der Waals surface area contributed by atoms with E-state index in [4.69, 9.17) is 10.0 Å². The molecule has 0 heterocycles. The number of benzene rings is 1. The second-order valence-corrected chi connectivity index (χ2v) is 3.68. The van der Waals surface area contributed by atoms with E-state index in [2.05, 4.69) is 11.8 Å². The molecule has 14 heavy (non-hydrogen) atoms. The van der Waals surface area contributed by atoms with E-state index in [1.54, 1.807) is 12.1 Å². The van der Waals surface area contributed by atoms with E-state index in [9.17, 15) is 0 Å². The lowest BCUT2D eigenvalue weighted by atomic mass is 9.80. The van der Waals surface area contributed by atoms with E-state index in [1.807, 2.05) is 26.2 Å². The van der Waals surface area contributed by atoms with E-state index in [-0.39, 0.29) is 0 Å². The summed E-state index contributed by atoms with van der Waals surface area (Å²) in [5.74, 6) is 0. The third-order valence-electron chi connectivity index (χ3n) is 2.49. The first-order valence-electron chi connectivity index (χ1n) is 4.65. The number of nitrogens with zero attached hydrogens (tertiary/aromatic N) is 1. The highest BCUT2D eigenvalue weighted by atomic mass is 16.4. The van der Waals surface area contributed by atoms with Crippen LogP contribution in [0, 0.1) is 0 Å². The average Bonchev–Trinajstić information content (AvgIpc) is 2.16. The predicted octanol–water partition coefficient (Wildman–Crippen LogP) is -0.0110. The molecule has 0 spiro atoms. The molecule has 0 amide bonds. The van der Waals surface area contributed by atoms with Gasteiger partial charge >= 0.3 is 7.12 Å². The summed E-state index contributed by atoms with van der Waals surface area (Å²) in [4.78, 5) is 2.10. The molecule has 0 unspecified atom stereocenters. The highest BCUT2D eigenvalue weighted by molar-refractivity contribution is 6.58. The summed E-state index contributed by atoms with van der Waals surface area (Å²) >= 11 is 0. The van der Waals surface area contributed by atoms with Gasteiger partial charge in [0.1, 0.15) is 0 Å². The van der Waals surface area contributed by atoms with Gasteiger partial charge in [-0.25, -0.2) is 0 Å². The minimum absolute atomic E-state index is 0.333. The van der Waals surface area contributed by atoms with Gasteiger partial charge in [-0.3, -0.25) is 0 Å². The Hall–Kier alpha value is -0.835. The first kappa shape index (κ1) is 11.2. The zero-order chi connectivity index (χ0) is 10.7. The molecule has 0 aliphatic rings. The van der Waals surface area contributed by atoms with Crippen LogP contribution in [0.15, 0.2) is 24.3 Å². The monoisotopic (exact) mass is 193 g/mol. The Morgan fingerprint density at radius 1 is 1.14 bits per heavy atom. The molecule has 1 atom stereocenters. The van der Waals surface area contributed by atoms with E-state index in [1.165, 1.54) is 5.56 Å². The summed E-state index contributed by atoms with van der Waals surface area (Å²) in [6, 6.07) is 7.64. The average molecular weight is 193 g/mol. The van der Waals surface area contributed by atoms with Crippen LogP contribution in [-0.4, -0.2) is 36.2 Å². The van der Waals surface area contributed by atoms with Crippen molar-refractivity contribution in [3.8, 4) is 0 Å². The largest absolute Gasteiger partial charge is 0.488 e. The standard InChI is InChI=1S/C10H16BNO2/c1-8(12(2)3)9-4-6-10(7-5-9)11(13)14/h4-8,13-14H,1-3H3/t8-/m0/s1. The van der Waals surface area contributed by atoms with Crippen molar-refractivity contribution in [3.05, 3.63) is 29.8 Å². The SMILES string of the molecule is C[C@@H](c1ccc(B(O)O)cc1)N(C)C. The third kappa shape index (κ3) is 2.58. The third-order valence-corrected chi connectivity index (χ3v) is 2.49. The molecular formula is C10H16BNO2. The molecule has 2 N–H and O–H groups in total. The van der Waals surface area contributed by atoms with Gasteiger partial charge in [0.25, 0.3) is 0 Å². The highest BCUT2D eigenvalue weighted by Crippen LogP contribution is 2.15. The van der Waals surface area contributed by atoms with Crippen molar-refractivity contribution in [1.29, 1.82) is 0 Å². The summed E-state index contributed by atoms with van der Waals surface area (Å²) in [5.41, 5.74) is 1.69. The lowest BCUT2D eigenvalue weighted by Crippen LogP contribution is -2.29. The molecule has 76 valence electrons. The second kappa shape index (κ2) is 4.60. The molecule has 0 aromatic heterocycles. The summed E-state index contributed by atoms with van der Waals surface area (Å²) in [6.07, 6.45) is 0. The normalized spacial score (nSPS) is 13.0. The molecule has 0 aliphatic heterocycles. The Balaban J connectivity index is 2.83. The van der Waals surface area contributed by atoms with Crippen molar-refractivity contribution in [1.82, 2.24) is 4.90 Å². The lowest BCUT2D eigenvalue weighted by molar-refractivity contribution is 0.321. The molecule has 0 saturated heterocycles. The fourth-order valence-corrected chi connectivity index (χ4v) is 1.24. The van der Waals surface area contributed by atoms with Crippen LogP contribution in [-0.2, 0) is 0 Å². The number of hydrogen-bond donors (Lipinski definition) is 2. The smallest absolute Gasteiger partial charge is 0.423 e. The van der Waals surface area contributed by atoms with Crippen LogP contribution in [0.4, 0.5) is 0 Å². The van der Waals surface area contributed by atoms with Crippen molar-refractivity contribution >= 4 is 12.6 Å². The van der Waals surface area contributed by atoms with Gasteiger partial charge in [0.2, 0.25) is 0 Å². The summed E-state index contributed by atoms with van der Waals surface area (Å²) in [6.45, 7) is 2.10. The van der Waals surface area contributed by atoms with Crippen LogP contribution < -0.4 is 5.46 Å². The van der Waals surface area contributed by atoms with Crippen molar-refractivity contribution in [2.24, 2.45) is 0 Å². The molecular weight excluding hydrogens is 177 g/mol. The van der Waals surface area contributed by atoms with E-state index >= 15 is 0 Å². The van der Waals surface area contributed by atoms with Gasteiger partial charge in [-0.05, 0) is 32.0 Å².